The van der Waals surface area contributed by atoms with E-state index >= 15 is 0 Å². The predicted octanol–water partition coefficient (Wildman–Crippen LogP) is 1.77. The van der Waals surface area contributed by atoms with Gasteiger partial charge in [0.2, 0.25) is 0 Å². The normalized spacial score (nSPS) is 28.7. The number of aromatic nitrogens is 3. The van der Waals surface area contributed by atoms with Crippen molar-refractivity contribution in [2.75, 3.05) is 10.7 Å². The van der Waals surface area contributed by atoms with Gasteiger partial charge >= 0.3 is 0 Å². The van der Waals surface area contributed by atoms with Crippen LogP contribution in [0.25, 0.3) is 5.70 Å². The zero-order chi connectivity index (χ0) is 17.4. The van der Waals surface area contributed by atoms with Crippen molar-refractivity contribution in [1.29, 1.82) is 0 Å². The van der Waals surface area contributed by atoms with Gasteiger partial charge in [-0.25, -0.2) is 14.6 Å². The molecule has 4 rings (SSSR count). The standard InChI is InChI=1S/C18H25N7/c1-12-2-7-16(22-11-12)23-15-10-18(20,13-3-5-14(19)6-4-13)24-25-9-8-21-17(15)25/h2,7-11,13-14,24H,3-6,19-20H2,1H3,(H,22,23). The second-order valence-corrected chi connectivity index (χ2v) is 7.18. The molecule has 1 aliphatic carbocycles. The molecule has 25 heavy (non-hydrogen) atoms. The lowest BCUT2D eigenvalue weighted by Crippen LogP contribution is -2.58. The number of nitrogens with one attached hydrogen (secondary N) is 2. The molecule has 2 aliphatic rings. The van der Waals surface area contributed by atoms with Crippen LogP contribution < -0.4 is 22.2 Å². The number of fused-ring (bicyclic) bond motifs is 1. The van der Waals surface area contributed by atoms with Crippen LogP contribution in [0, 0.1) is 12.8 Å². The Morgan fingerprint density at radius 1 is 1.24 bits per heavy atom. The molecule has 0 aromatic carbocycles. The molecule has 1 saturated carbocycles. The Balaban J connectivity index is 1.64. The lowest BCUT2D eigenvalue weighted by Gasteiger charge is -2.42. The molecule has 7 heteroatoms. The number of rotatable bonds is 3. The third kappa shape index (κ3) is 3.12. The van der Waals surface area contributed by atoms with Crippen LogP contribution in [0.1, 0.15) is 37.1 Å². The molecule has 2 aromatic rings. The maximum Gasteiger partial charge on any atom is 0.175 e. The smallest absolute Gasteiger partial charge is 0.175 e. The van der Waals surface area contributed by atoms with E-state index in [2.05, 4.69) is 26.8 Å². The summed E-state index contributed by atoms with van der Waals surface area (Å²) in [6.07, 6.45) is 11.6. The highest BCUT2D eigenvalue weighted by molar-refractivity contribution is 5.74. The van der Waals surface area contributed by atoms with Gasteiger partial charge in [0.25, 0.3) is 0 Å². The summed E-state index contributed by atoms with van der Waals surface area (Å²) in [5.74, 6) is 1.91. The van der Waals surface area contributed by atoms with Gasteiger partial charge in [0.1, 0.15) is 11.5 Å². The molecular weight excluding hydrogens is 314 g/mol. The molecule has 1 atom stereocenters. The first kappa shape index (κ1) is 16.1. The van der Waals surface area contributed by atoms with E-state index in [0.717, 1.165) is 48.6 Å². The predicted molar refractivity (Wildman–Crippen MR) is 99.0 cm³/mol. The van der Waals surface area contributed by atoms with Crippen LogP contribution in [0.15, 0.2) is 36.8 Å². The maximum absolute atomic E-state index is 6.78. The van der Waals surface area contributed by atoms with E-state index in [1.54, 1.807) is 6.20 Å². The molecule has 0 saturated heterocycles. The van der Waals surface area contributed by atoms with E-state index in [1.807, 2.05) is 36.1 Å². The number of hydrogen-bond donors (Lipinski definition) is 4. The monoisotopic (exact) mass is 339 g/mol. The zero-order valence-electron chi connectivity index (χ0n) is 14.4. The van der Waals surface area contributed by atoms with Crippen molar-refractivity contribution in [2.45, 2.75) is 44.3 Å². The van der Waals surface area contributed by atoms with Crippen LogP contribution in [0.3, 0.4) is 0 Å². The van der Waals surface area contributed by atoms with Gasteiger partial charge in [-0.1, -0.05) is 6.07 Å². The average molecular weight is 339 g/mol. The van der Waals surface area contributed by atoms with Crippen molar-refractivity contribution >= 4 is 11.5 Å². The molecule has 0 amide bonds. The molecule has 1 aliphatic heterocycles. The number of nitrogens with two attached hydrogens (primary N) is 2. The molecule has 132 valence electrons. The molecule has 0 bridgehead atoms. The van der Waals surface area contributed by atoms with Crippen molar-refractivity contribution in [3.05, 3.63) is 48.2 Å². The van der Waals surface area contributed by atoms with E-state index in [1.165, 1.54) is 0 Å². The molecule has 6 N–H and O–H groups in total. The number of pyridine rings is 1. The van der Waals surface area contributed by atoms with E-state index in [9.17, 15) is 0 Å². The fraction of sp³-hybridized carbons (Fsp3) is 0.444. The van der Waals surface area contributed by atoms with Crippen LogP contribution in [0.4, 0.5) is 5.82 Å². The SMILES string of the molecule is Cc1ccc(NC2=CC(N)(C3CCC(N)CC3)Nn3ccnc32)nc1. The highest BCUT2D eigenvalue weighted by Crippen LogP contribution is 2.35. The second kappa shape index (κ2) is 6.16. The maximum atomic E-state index is 6.78. The third-order valence-electron chi connectivity index (χ3n) is 5.20. The summed E-state index contributed by atoms with van der Waals surface area (Å²) in [5, 5.41) is 3.38. The summed E-state index contributed by atoms with van der Waals surface area (Å²) in [6.45, 7) is 2.02. The fourth-order valence-corrected chi connectivity index (χ4v) is 3.71. The molecule has 7 nitrogen and oxygen atoms in total. The lowest BCUT2D eigenvalue weighted by atomic mass is 9.78. The minimum Gasteiger partial charge on any atom is -0.337 e. The Bertz CT molecular complexity index is 771. The summed E-state index contributed by atoms with van der Waals surface area (Å²) in [5.41, 5.74) is 17.6. The first-order valence-corrected chi connectivity index (χ1v) is 8.82. The van der Waals surface area contributed by atoms with Crippen molar-refractivity contribution < 1.29 is 0 Å². The number of imidazole rings is 1. The van der Waals surface area contributed by atoms with E-state index < -0.39 is 5.66 Å². The fourth-order valence-electron chi connectivity index (χ4n) is 3.71. The van der Waals surface area contributed by atoms with Gasteiger partial charge in [-0.05, 0) is 50.3 Å². The Kier molecular flexibility index (Phi) is 3.97. The number of anilines is 1. The van der Waals surface area contributed by atoms with E-state index in [-0.39, 0.29) is 0 Å². The summed E-state index contributed by atoms with van der Waals surface area (Å²) < 4.78 is 1.89. The Morgan fingerprint density at radius 2 is 2.04 bits per heavy atom. The first-order chi connectivity index (χ1) is 12.0. The van der Waals surface area contributed by atoms with Crippen LogP contribution in [-0.4, -0.2) is 26.3 Å². The molecule has 1 fully saturated rings. The van der Waals surface area contributed by atoms with Gasteiger partial charge in [0.05, 0.1) is 5.70 Å². The topological polar surface area (TPSA) is 107 Å². The highest BCUT2D eigenvalue weighted by atomic mass is 15.5. The largest absolute Gasteiger partial charge is 0.337 e. The van der Waals surface area contributed by atoms with Crippen LogP contribution in [-0.2, 0) is 0 Å². The molecule has 1 unspecified atom stereocenters. The number of aryl methyl sites for hydroxylation is 1. The number of hydrogen-bond acceptors (Lipinski definition) is 6. The quantitative estimate of drug-likeness (QED) is 0.679. The van der Waals surface area contributed by atoms with Gasteiger partial charge in [-0.3, -0.25) is 0 Å². The van der Waals surface area contributed by atoms with Crippen molar-refractivity contribution in [3.8, 4) is 0 Å². The van der Waals surface area contributed by atoms with Gasteiger partial charge in [-0.15, -0.1) is 0 Å². The Labute approximate surface area is 147 Å². The van der Waals surface area contributed by atoms with Crippen molar-refractivity contribution in [2.24, 2.45) is 17.4 Å². The minimum atomic E-state index is -0.638. The second-order valence-electron chi connectivity index (χ2n) is 7.18. The molecule has 0 spiro atoms. The summed E-state index contributed by atoms with van der Waals surface area (Å²) in [6, 6.07) is 4.29. The Hall–Kier alpha value is -2.38. The summed E-state index contributed by atoms with van der Waals surface area (Å²) >= 11 is 0. The van der Waals surface area contributed by atoms with Crippen molar-refractivity contribution in [3.63, 3.8) is 0 Å². The number of nitrogens with zero attached hydrogens (tertiary/aromatic N) is 3. The lowest BCUT2D eigenvalue weighted by molar-refractivity contribution is 0.239. The van der Waals surface area contributed by atoms with Crippen LogP contribution in [0.5, 0.6) is 0 Å². The minimum absolute atomic E-state index is 0.297. The first-order valence-electron chi connectivity index (χ1n) is 8.82. The molecule has 0 radical (unpaired) electrons. The van der Waals surface area contributed by atoms with Crippen molar-refractivity contribution in [1.82, 2.24) is 14.6 Å². The molecule has 2 aromatic heterocycles. The van der Waals surface area contributed by atoms with E-state index in [0.29, 0.717) is 12.0 Å². The Morgan fingerprint density at radius 3 is 2.76 bits per heavy atom. The van der Waals surface area contributed by atoms with Gasteiger partial charge in [0, 0.05) is 30.6 Å². The third-order valence-corrected chi connectivity index (χ3v) is 5.20. The van der Waals surface area contributed by atoms with E-state index in [4.69, 9.17) is 11.5 Å². The average Bonchev–Trinajstić information content (AvgIpc) is 3.05. The van der Waals surface area contributed by atoms with Gasteiger partial charge < -0.3 is 22.2 Å². The highest BCUT2D eigenvalue weighted by Gasteiger charge is 2.39. The van der Waals surface area contributed by atoms with Crippen LogP contribution >= 0.6 is 0 Å². The van der Waals surface area contributed by atoms with Gasteiger partial charge in [-0.2, -0.15) is 0 Å². The molecule has 3 heterocycles. The zero-order valence-corrected chi connectivity index (χ0v) is 14.4. The molecular formula is C18H25N7. The van der Waals surface area contributed by atoms with Crippen LogP contribution in [0.2, 0.25) is 0 Å². The summed E-state index contributed by atoms with van der Waals surface area (Å²) in [7, 11) is 0. The summed E-state index contributed by atoms with van der Waals surface area (Å²) in [4.78, 5) is 8.87. The van der Waals surface area contributed by atoms with Gasteiger partial charge in [0.15, 0.2) is 5.82 Å².